The van der Waals surface area contributed by atoms with E-state index in [4.69, 9.17) is 0 Å². The van der Waals surface area contributed by atoms with E-state index in [-0.39, 0.29) is 11.8 Å². The molecule has 23 heavy (non-hydrogen) atoms. The minimum atomic E-state index is -0.682. The highest BCUT2D eigenvalue weighted by Crippen LogP contribution is 2.33. The summed E-state index contributed by atoms with van der Waals surface area (Å²) < 4.78 is 1.88. The minimum absolute atomic E-state index is 0.0592. The summed E-state index contributed by atoms with van der Waals surface area (Å²) in [5, 5.41) is 15.1. The molecule has 1 aromatic rings. The summed E-state index contributed by atoms with van der Waals surface area (Å²) in [6, 6.07) is 0. The third kappa shape index (κ3) is 3.60. The van der Waals surface area contributed by atoms with Gasteiger partial charge in [-0.25, -0.2) is 0 Å². The molecule has 5 heteroatoms. The molecule has 0 saturated carbocycles. The first-order valence-electron chi connectivity index (χ1n) is 8.73. The van der Waals surface area contributed by atoms with Crippen LogP contribution in [-0.2, 0) is 6.54 Å². The zero-order valence-electron chi connectivity index (χ0n) is 15.4. The Morgan fingerprint density at radius 1 is 1.43 bits per heavy atom. The van der Waals surface area contributed by atoms with Crippen LogP contribution in [0.5, 0.6) is 0 Å². The number of aryl methyl sites for hydroxylation is 2. The van der Waals surface area contributed by atoms with E-state index in [0.29, 0.717) is 25.4 Å². The van der Waals surface area contributed by atoms with Crippen molar-refractivity contribution in [2.75, 3.05) is 13.1 Å². The molecule has 2 atom stereocenters. The van der Waals surface area contributed by atoms with Gasteiger partial charge >= 0.3 is 0 Å². The average Bonchev–Trinajstić information content (AvgIpc) is 2.74. The number of piperidine rings is 1. The van der Waals surface area contributed by atoms with Gasteiger partial charge in [-0.2, -0.15) is 5.10 Å². The van der Waals surface area contributed by atoms with Crippen molar-refractivity contribution in [3.05, 3.63) is 17.0 Å². The molecule has 0 radical (unpaired) electrons. The van der Waals surface area contributed by atoms with Crippen LogP contribution in [0.25, 0.3) is 0 Å². The van der Waals surface area contributed by atoms with E-state index in [0.717, 1.165) is 29.9 Å². The molecule has 1 fully saturated rings. The molecule has 1 aromatic heterocycles. The van der Waals surface area contributed by atoms with Gasteiger partial charge in [-0.15, -0.1) is 0 Å². The van der Waals surface area contributed by atoms with Crippen molar-refractivity contribution in [1.82, 2.24) is 14.7 Å². The fourth-order valence-electron chi connectivity index (χ4n) is 3.67. The predicted molar refractivity (Wildman–Crippen MR) is 91.5 cm³/mol. The lowest BCUT2D eigenvalue weighted by Gasteiger charge is -2.43. The number of aromatic nitrogens is 2. The van der Waals surface area contributed by atoms with Crippen molar-refractivity contribution in [2.24, 2.45) is 11.8 Å². The highest BCUT2D eigenvalue weighted by Gasteiger charge is 2.40. The summed E-state index contributed by atoms with van der Waals surface area (Å²) >= 11 is 0. The summed E-state index contributed by atoms with van der Waals surface area (Å²) in [6.07, 6.45) is 1.57. The lowest BCUT2D eigenvalue weighted by atomic mass is 9.78. The van der Waals surface area contributed by atoms with Gasteiger partial charge in [0.2, 0.25) is 0 Å². The zero-order valence-corrected chi connectivity index (χ0v) is 15.4. The molecule has 1 N–H and O–H groups in total. The maximum absolute atomic E-state index is 13.0. The fraction of sp³-hybridized carbons (Fsp3) is 0.778. The van der Waals surface area contributed by atoms with Crippen LogP contribution >= 0.6 is 0 Å². The molecule has 2 heterocycles. The first kappa shape index (κ1) is 18.0. The number of carbonyl (C=O) groups is 1. The summed E-state index contributed by atoms with van der Waals surface area (Å²) in [5.41, 5.74) is 1.79. The van der Waals surface area contributed by atoms with E-state index in [1.54, 1.807) is 0 Å². The molecule has 1 aliphatic heterocycles. The van der Waals surface area contributed by atoms with Crippen LogP contribution in [0.1, 0.15) is 62.3 Å². The smallest absolute Gasteiger partial charge is 0.257 e. The molecule has 2 rings (SSSR count). The van der Waals surface area contributed by atoms with Crippen LogP contribution in [0.3, 0.4) is 0 Å². The maximum atomic E-state index is 13.0. The summed E-state index contributed by atoms with van der Waals surface area (Å²) in [5.74, 6) is 0.693. The SMILES string of the molecule is CCn1nc(C)c(C(=O)N2CC[C@](C)(O)[C@H](CC(C)C)C2)c1C. The van der Waals surface area contributed by atoms with E-state index in [1.165, 1.54) is 0 Å². The molecule has 0 spiro atoms. The number of rotatable bonds is 4. The molecular weight excluding hydrogens is 290 g/mol. The van der Waals surface area contributed by atoms with Crippen molar-refractivity contribution in [2.45, 2.75) is 66.5 Å². The molecular formula is C18H31N3O2. The van der Waals surface area contributed by atoms with E-state index in [2.05, 4.69) is 18.9 Å². The van der Waals surface area contributed by atoms with Crippen LogP contribution in [0, 0.1) is 25.7 Å². The molecule has 0 bridgehead atoms. The molecule has 1 aliphatic rings. The summed E-state index contributed by atoms with van der Waals surface area (Å²) in [6.45, 7) is 14.1. The van der Waals surface area contributed by atoms with E-state index < -0.39 is 5.60 Å². The van der Waals surface area contributed by atoms with Gasteiger partial charge in [-0.1, -0.05) is 13.8 Å². The number of hydrogen-bond donors (Lipinski definition) is 1. The van der Waals surface area contributed by atoms with Gasteiger partial charge in [0, 0.05) is 31.2 Å². The number of likely N-dealkylation sites (tertiary alicyclic amines) is 1. The van der Waals surface area contributed by atoms with Crippen LogP contribution in [0.2, 0.25) is 0 Å². The van der Waals surface area contributed by atoms with Gasteiger partial charge in [-0.3, -0.25) is 9.48 Å². The standard InChI is InChI=1S/C18H31N3O2/c1-7-21-14(5)16(13(4)19-21)17(22)20-9-8-18(6,23)15(11-20)10-12(2)3/h12,15,23H,7-11H2,1-6H3/t15-,18+/m1/s1. The molecule has 130 valence electrons. The van der Waals surface area contributed by atoms with Gasteiger partial charge in [0.25, 0.3) is 5.91 Å². The Morgan fingerprint density at radius 2 is 2.09 bits per heavy atom. The maximum Gasteiger partial charge on any atom is 0.257 e. The van der Waals surface area contributed by atoms with Crippen molar-refractivity contribution < 1.29 is 9.90 Å². The quantitative estimate of drug-likeness (QED) is 0.927. The van der Waals surface area contributed by atoms with Gasteiger partial charge in [0.1, 0.15) is 0 Å². The number of hydrogen-bond acceptors (Lipinski definition) is 3. The first-order valence-corrected chi connectivity index (χ1v) is 8.73. The third-order valence-electron chi connectivity index (χ3n) is 5.15. The van der Waals surface area contributed by atoms with Gasteiger partial charge in [-0.05, 0) is 46.5 Å². The topological polar surface area (TPSA) is 58.4 Å². The van der Waals surface area contributed by atoms with Gasteiger partial charge in [0.15, 0.2) is 0 Å². The average molecular weight is 321 g/mol. The Bertz CT molecular complexity index is 575. The summed E-state index contributed by atoms with van der Waals surface area (Å²) in [7, 11) is 0. The second-order valence-corrected chi connectivity index (χ2v) is 7.55. The molecule has 0 aromatic carbocycles. The molecule has 1 amide bonds. The number of nitrogens with zero attached hydrogens (tertiary/aromatic N) is 3. The lowest BCUT2D eigenvalue weighted by molar-refractivity contribution is -0.0577. The second-order valence-electron chi connectivity index (χ2n) is 7.55. The number of aliphatic hydroxyl groups is 1. The van der Waals surface area contributed by atoms with Crippen molar-refractivity contribution in [3.63, 3.8) is 0 Å². The van der Waals surface area contributed by atoms with E-state index in [9.17, 15) is 9.90 Å². The van der Waals surface area contributed by atoms with Crippen molar-refractivity contribution >= 4 is 5.91 Å². The Kier molecular flexibility index (Phi) is 5.19. The first-order chi connectivity index (χ1) is 10.7. The minimum Gasteiger partial charge on any atom is -0.390 e. The largest absolute Gasteiger partial charge is 0.390 e. The zero-order chi connectivity index (χ0) is 17.4. The fourth-order valence-corrected chi connectivity index (χ4v) is 3.67. The van der Waals surface area contributed by atoms with Gasteiger partial charge in [0.05, 0.1) is 16.9 Å². The van der Waals surface area contributed by atoms with Gasteiger partial charge < -0.3 is 10.0 Å². The second kappa shape index (κ2) is 6.63. The highest BCUT2D eigenvalue weighted by molar-refractivity contribution is 5.96. The Balaban J connectivity index is 2.22. The lowest BCUT2D eigenvalue weighted by Crippen LogP contribution is -2.52. The third-order valence-corrected chi connectivity index (χ3v) is 5.15. The monoisotopic (exact) mass is 321 g/mol. The van der Waals surface area contributed by atoms with Crippen LogP contribution < -0.4 is 0 Å². The van der Waals surface area contributed by atoms with E-state index >= 15 is 0 Å². The van der Waals surface area contributed by atoms with E-state index in [1.807, 2.05) is 37.3 Å². The molecule has 5 nitrogen and oxygen atoms in total. The predicted octanol–water partition coefficient (Wildman–Crippen LogP) is 2.78. The van der Waals surface area contributed by atoms with Crippen LogP contribution in [-0.4, -0.2) is 44.4 Å². The van der Waals surface area contributed by atoms with Crippen LogP contribution in [0.15, 0.2) is 0 Å². The molecule has 0 aliphatic carbocycles. The Hall–Kier alpha value is -1.36. The number of carbonyl (C=O) groups excluding carboxylic acids is 1. The molecule has 0 unspecified atom stereocenters. The van der Waals surface area contributed by atoms with Crippen LogP contribution in [0.4, 0.5) is 0 Å². The summed E-state index contributed by atoms with van der Waals surface area (Å²) in [4.78, 5) is 14.9. The number of amides is 1. The van der Waals surface area contributed by atoms with Crippen molar-refractivity contribution in [3.8, 4) is 0 Å². The Morgan fingerprint density at radius 3 is 2.61 bits per heavy atom. The molecule has 1 saturated heterocycles. The highest BCUT2D eigenvalue weighted by atomic mass is 16.3. The normalized spacial score (nSPS) is 25.2. The Labute approximate surface area is 139 Å². The van der Waals surface area contributed by atoms with Crippen molar-refractivity contribution in [1.29, 1.82) is 0 Å².